The minimum atomic E-state index is -2.93. The highest BCUT2D eigenvalue weighted by Crippen LogP contribution is 2.35. The van der Waals surface area contributed by atoms with Crippen LogP contribution < -0.4 is 5.32 Å². The van der Waals surface area contributed by atoms with Gasteiger partial charge in [-0.15, -0.1) is 10.2 Å². The molecule has 162 valence electrons. The van der Waals surface area contributed by atoms with Crippen LogP contribution in [0.15, 0.2) is 65.8 Å². The summed E-state index contributed by atoms with van der Waals surface area (Å²) in [5.74, 6) is 1.10. The van der Waals surface area contributed by atoms with E-state index in [0.717, 1.165) is 17.1 Å². The molecule has 2 unspecified atom stereocenters. The first-order valence-corrected chi connectivity index (χ1v) is 12.8. The lowest BCUT2D eigenvalue weighted by Gasteiger charge is -2.17. The van der Waals surface area contributed by atoms with Gasteiger partial charge in [0.15, 0.2) is 15.0 Å². The monoisotopic (exact) mass is 456 g/mol. The van der Waals surface area contributed by atoms with Crippen LogP contribution in [0.1, 0.15) is 23.1 Å². The number of hydrogen-bond donors (Lipinski definition) is 1. The number of carbonyl (C=O) groups is 1. The van der Waals surface area contributed by atoms with E-state index in [1.54, 1.807) is 0 Å². The Kier molecular flexibility index (Phi) is 6.43. The zero-order valence-electron chi connectivity index (χ0n) is 17.1. The fourth-order valence-corrected chi connectivity index (χ4v) is 6.54. The summed E-state index contributed by atoms with van der Waals surface area (Å²) in [6, 6.07) is 18.9. The molecule has 0 saturated carbocycles. The van der Waals surface area contributed by atoms with E-state index in [1.165, 1.54) is 11.8 Å². The molecule has 2 aromatic carbocycles. The molecule has 1 aliphatic heterocycles. The summed E-state index contributed by atoms with van der Waals surface area (Å²) in [5, 5.41) is 11.7. The van der Waals surface area contributed by atoms with E-state index in [1.807, 2.05) is 72.3 Å². The Labute approximate surface area is 186 Å². The normalized spacial score (nSPS) is 18.5. The van der Waals surface area contributed by atoms with Crippen molar-refractivity contribution in [2.45, 2.75) is 23.2 Å². The topological polar surface area (TPSA) is 93.9 Å². The SMILES string of the molecule is Cn1c(CC2CCS(=O)(=O)C2)nnc1SC(C(=O)Nc1ccccc1)c1ccccc1. The molecule has 31 heavy (non-hydrogen) atoms. The van der Waals surface area contributed by atoms with Crippen molar-refractivity contribution < 1.29 is 13.2 Å². The molecule has 2 heterocycles. The Hall–Kier alpha value is -2.65. The van der Waals surface area contributed by atoms with E-state index in [-0.39, 0.29) is 23.3 Å². The van der Waals surface area contributed by atoms with Gasteiger partial charge in [-0.1, -0.05) is 60.3 Å². The molecule has 9 heteroatoms. The summed E-state index contributed by atoms with van der Waals surface area (Å²) in [7, 11) is -1.07. The van der Waals surface area contributed by atoms with Gasteiger partial charge in [-0.25, -0.2) is 8.42 Å². The summed E-state index contributed by atoms with van der Waals surface area (Å²) >= 11 is 1.33. The first kappa shape index (κ1) is 21.6. The van der Waals surface area contributed by atoms with Crippen LogP contribution in [0, 0.1) is 5.92 Å². The van der Waals surface area contributed by atoms with Crippen LogP contribution in [0.4, 0.5) is 5.69 Å². The highest BCUT2D eigenvalue weighted by molar-refractivity contribution is 8.00. The van der Waals surface area contributed by atoms with Gasteiger partial charge in [0.1, 0.15) is 11.1 Å². The number of rotatable bonds is 7. The summed E-state index contributed by atoms with van der Waals surface area (Å²) in [6.07, 6.45) is 1.22. The average Bonchev–Trinajstić information content (AvgIpc) is 3.29. The molecule has 1 N–H and O–H groups in total. The van der Waals surface area contributed by atoms with Gasteiger partial charge in [-0.05, 0) is 30.0 Å². The van der Waals surface area contributed by atoms with E-state index in [2.05, 4.69) is 15.5 Å². The second kappa shape index (κ2) is 9.23. The van der Waals surface area contributed by atoms with Crippen molar-refractivity contribution in [3.8, 4) is 0 Å². The number of anilines is 1. The second-order valence-corrected chi connectivity index (χ2v) is 11.0. The molecular weight excluding hydrogens is 432 g/mol. The Morgan fingerprint density at radius 2 is 1.81 bits per heavy atom. The number of aromatic nitrogens is 3. The van der Waals surface area contributed by atoms with Gasteiger partial charge in [-0.2, -0.15) is 0 Å². The van der Waals surface area contributed by atoms with E-state index in [9.17, 15) is 13.2 Å². The standard InChI is InChI=1S/C22H24N4O3S2/c1-26-19(14-16-12-13-31(28,29)15-16)24-25-22(26)30-20(17-8-4-2-5-9-17)21(27)23-18-10-6-3-7-11-18/h2-11,16,20H,12-15H2,1H3,(H,23,27). The Bertz CT molecular complexity index is 1150. The van der Waals surface area contributed by atoms with Crippen molar-refractivity contribution in [2.75, 3.05) is 16.8 Å². The lowest BCUT2D eigenvalue weighted by atomic mass is 10.1. The van der Waals surface area contributed by atoms with Gasteiger partial charge >= 0.3 is 0 Å². The summed E-state index contributed by atoms with van der Waals surface area (Å²) in [4.78, 5) is 13.1. The minimum absolute atomic E-state index is 0.0667. The number of para-hydroxylation sites is 1. The highest BCUT2D eigenvalue weighted by Gasteiger charge is 2.30. The van der Waals surface area contributed by atoms with E-state index < -0.39 is 15.1 Å². The summed E-state index contributed by atoms with van der Waals surface area (Å²) in [5.41, 5.74) is 1.60. The van der Waals surface area contributed by atoms with Crippen LogP contribution in [-0.4, -0.2) is 40.6 Å². The van der Waals surface area contributed by atoms with Crippen LogP contribution in [0.25, 0.3) is 0 Å². The molecule has 1 aromatic heterocycles. The van der Waals surface area contributed by atoms with Crippen molar-refractivity contribution in [3.05, 3.63) is 72.1 Å². The number of amides is 1. The third-order valence-electron chi connectivity index (χ3n) is 5.33. The van der Waals surface area contributed by atoms with Crippen LogP contribution in [0.3, 0.4) is 0 Å². The quantitative estimate of drug-likeness (QED) is 0.549. The van der Waals surface area contributed by atoms with Crippen molar-refractivity contribution >= 4 is 33.2 Å². The number of benzene rings is 2. The zero-order valence-corrected chi connectivity index (χ0v) is 18.8. The van der Waals surface area contributed by atoms with E-state index in [4.69, 9.17) is 0 Å². The fourth-order valence-electron chi connectivity index (χ4n) is 3.65. The maximum absolute atomic E-state index is 13.1. The predicted octanol–water partition coefficient (Wildman–Crippen LogP) is 3.26. The predicted molar refractivity (Wildman–Crippen MR) is 122 cm³/mol. The van der Waals surface area contributed by atoms with Gasteiger partial charge < -0.3 is 9.88 Å². The number of carbonyl (C=O) groups excluding carboxylic acids is 1. The minimum Gasteiger partial charge on any atom is -0.325 e. The zero-order chi connectivity index (χ0) is 21.8. The van der Waals surface area contributed by atoms with Crippen LogP contribution >= 0.6 is 11.8 Å². The molecule has 1 fully saturated rings. The summed E-state index contributed by atoms with van der Waals surface area (Å²) < 4.78 is 25.4. The van der Waals surface area contributed by atoms with Crippen molar-refractivity contribution in [2.24, 2.45) is 13.0 Å². The van der Waals surface area contributed by atoms with E-state index >= 15 is 0 Å². The highest BCUT2D eigenvalue weighted by atomic mass is 32.2. The average molecular weight is 457 g/mol. The van der Waals surface area contributed by atoms with Crippen molar-refractivity contribution in [3.63, 3.8) is 0 Å². The first-order chi connectivity index (χ1) is 14.9. The Balaban J connectivity index is 1.53. The number of nitrogens with zero attached hydrogens (tertiary/aromatic N) is 3. The second-order valence-electron chi connectivity index (χ2n) is 7.69. The Morgan fingerprint density at radius 1 is 1.13 bits per heavy atom. The van der Waals surface area contributed by atoms with Gasteiger partial charge in [0.25, 0.3) is 0 Å². The largest absolute Gasteiger partial charge is 0.325 e. The maximum atomic E-state index is 13.1. The molecular formula is C22H24N4O3S2. The molecule has 0 radical (unpaired) electrons. The molecule has 1 saturated heterocycles. The molecule has 0 spiro atoms. The van der Waals surface area contributed by atoms with E-state index in [0.29, 0.717) is 18.0 Å². The molecule has 4 rings (SSSR count). The lowest BCUT2D eigenvalue weighted by molar-refractivity contribution is -0.115. The number of thioether (sulfide) groups is 1. The van der Waals surface area contributed by atoms with Gasteiger partial charge in [0.05, 0.1) is 11.5 Å². The fraction of sp³-hybridized carbons (Fsp3) is 0.318. The maximum Gasteiger partial charge on any atom is 0.242 e. The molecule has 2 atom stereocenters. The van der Waals surface area contributed by atoms with Crippen LogP contribution in [0.2, 0.25) is 0 Å². The first-order valence-electron chi connectivity index (χ1n) is 10.1. The van der Waals surface area contributed by atoms with Gasteiger partial charge in [0, 0.05) is 19.2 Å². The number of hydrogen-bond acceptors (Lipinski definition) is 6. The van der Waals surface area contributed by atoms with Crippen LogP contribution in [-0.2, 0) is 28.1 Å². The van der Waals surface area contributed by atoms with Crippen molar-refractivity contribution in [1.29, 1.82) is 0 Å². The Morgan fingerprint density at radius 3 is 2.45 bits per heavy atom. The van der Waals surface area contributed by atoms with Gasteiger partial charge in [-0.3, -0.25) is 4.79 Å². The van der Waals surface area contributed by atoms with Crippen molar-refractivity contribution in [1.82, 2.24) is 14.8 Å². The third-order valence-corrected chi connectivity index (χ3v) is 8.45. The van der Waals surface area contributed by atoms with Gasteiger partial charge in [0.2, 0.25) is 5.91 Å². The molecule has 7 nitrogen and oxygen atoms in total. The molecule has 0 bridgehead atoms. The molecule has 1 amide bonds. The molecule has 0 aliphatic carbocycles. The smallest absolute Gasteiger partial charge is 0.242 e. The van der Waals surface area contributed by atoms with Crippen LogP contribution in [0.5, 0.6) is 0 Å². The number of sulfone groups is 1. The lowest BCUT2D eigenvalue weighted by Crippen LogP contribution is -2.19. The summed E-state index contributed by atoms with van der Waals surface area (Å²) in [6.45, 7) is 0. The molecule has 3 aromatic rings. The number of nitrogens with one attached hydrogen (secondary N) is 1. The third kappa shape index (κ3) is 5.34. The molecule has 1 aliphatic rings.